The van der Waals surface area contributed by atoms with Crippen molar-refractivity contribution in [3.8, 4) is 5.75 Å². The molecule has 0 aliphatic heterocycles. The van der Waals surface area contributed by atoms with Crippen LogP contribution in [-0.4, -0.2) is 41.9 Å². The van der Waals surface area contributed by atoms with Crippen LogP contribution in [0, 0.1) is 13.8 Å². The molecule has 10 heteroatoms. The molecule has 3 aromatic heterocycles. The first-order valence-electron chi connectivity index (χ1n) is 10.5. The number of nitrogens with zero attached hydrogens (tertiary/aromatic N) is 4. The van der Waals surface area contributed by atoms with Crippen molar-refractivity contribution in [2.24, 2.45) is 7.05 Å². The van der Waals surface area contributed by atoms with Crippen LogP contribution in [0.5, 0.6) is 5.75 Å². The smallest absolute Gasteiger partial charge is 0.329 e. The number of nitrogens with one attached hydrogen (secondary N) is 2. The van der Waals surface area contributed by atoms with Gasteiger partial charge in [0.2, 0.25) is 5.95 Å². The Bertz CT molecular complexity index is 1390. The molecule has 33 heavy (non-hydrogen) atoms. The van der Waals surface area contributed by atoms with E-state index in [2.05, 4.69) is 20.3 Å². The Kier molecular flexibility index (Phi) is 6.27. The number of imidazole rings is 1. The normalized spacial score (nSPS) is 12.1. The molecule has 172 valence electrons. The summed E-state index contributed by atoms with van der Waals surface area (Å²) in [5.41, 5.74) is 2.44. The summed E-state index contributed by atoms with van der Waals surface area (Å²) < 4.78 is 8.59. The fraction of sp³-hybridized carbons (Fsp3) is 0.304. The van der Waals surface area contributed by atoms with Crippen molar-refractivity contribution in [3.63, 3.8) is 0 Å². The minimum Gasteiger partial charge on any atom is -0.491 e. The molecule has 0 amide bonds. The molecule has 1 unspecified atom stereocenters. The number of hydrogen-bond acceptors (Lipinski definition) is 7. The van der Waals surface area contributed by atoms with Crippen LogP contribution < -0.4 is 21.3 Å². The minimum atomic E-state index is -0.931. The lowest BCUT2D eigenvalue weighted by Gasteiger charge is -2.16. The topological polar surface area (TPSA) is 127 Å². The highest BCUT2D eigenvalue weighted by Crippen LogP contribution is 2.19. The van der Waals surface area contributed by atoms with Gasteiger partial charge in [0.05, 0.1) is 6.54 Å². The molecule has 0 aliphatic rings. The van der Waals surface area contributed by atoms with E-state index in [1.54, 1.807) is 17.0 Å². The third-order valence-corrected chi connectivity index (χ3v) is 5.49. The van der Waals surface area contributed by atoms with E-state index in [9.17, 15) is 14.7 Å². The Morgan fingerprint density at radius 3 is 2.76 bits per heavy atom. The van der Waals surface area contributed by atoms with Gasteiger partial charge in [-0.1, -0.05) is 12.1 Å². The minimum absolute atomic E-state index is 0.0217. The number of aromatic nitrogens is 5. The largest absolute Gasteiger partial charge is 0.491 e. The highest BCUT2D eigenvalue weighted by atomic mass is 16.5. The maximum Gasteiger partial charge on any atom is 0.329 e. The number of ether oxygens (including phenoxy) is 1. The van der Waals surface area contributed by atoms with E-state index in [0.717, 1.165) is 16.7 Å². The summed E-state index contributed by atoms with van der Waals surface area (Å²) in [5.74, 6) is 1.01. The molecular weight excluding hydrogens is 424 g/mol. The fourth-order valence-electron chi connectivity index (χ4n) is 3.49. The highest BCUT2D eigenvalue weighted by Gasteiger charge is 2.20. The van der Waals surface area contributed by atoms with E-state index in [4.69, 9.17) is 4.74 Å². The first kappa shape index (κ1) is 22.3. The van der Waals surface area contributed by atoms with Crippen LogP contribution in [0.4, 0.5) is 5.95 Å². The molecule has 0 radical (unpaired) electrons. The van der Waals surface area contributed by atoms with Gasteiger partial charge in [-0.25, -0.2) is 4.79 Å². The summed E-state index contributed by atoms with van der Waals surface area (Å²) in [4.78, 5) is 35.5. The van der Waals surface area contributed by atoms with Crippen molar-refractivity contribution in [1.29, 1.82) is 0 Å². The molecule has 1 atom stereocenters. The molecule has 0 saturated heterocycles. The summed E-state index contributed by atoms with van der Waals surface area (Å²) >= 11 is 0. The molecule has 1 aromatic carbocycles. The molecule has 3 heterocycles. The van der Waals surface area contributed by atoms with Crippen LogP contribution in [0.3, 0.4) is 0 Å². The van der Waals surface area contributed by atoms with Crippen molar-refractivity contribution < 1.29 is 9.84 Å². The molecular formula is C23H26N6O4. The van der Waals surface area contributed by atoms with Gasteiger partial charge in [-0.05, 0) is 48.7 Å². The van der Waals surface area contributed by atoms with Gasteiger partial charge >= 0.3 is 5.69 Å². The van der Waals surface area contributed by atoms with Crippen LogP contribution in [0.1, 0.15) is 16.7 Å². The van der Waals surface area contributed by atoms with E-state index in [-0.39, 0.29) is 24.3 Å². The molecule has 3 N–H and O–H groups in total. The van der Waals surface area contributed by atoms with Crippen LogP contribution in [0.25, 0.3) is 11.2 Å². The molecule has 0 bridgehead atoms. The van der Waals surface area contributed by atoms with Gasteiger partial charge in [0, 0.05) is 26.0 Å². The summed E-state index contributed by atoms with van der Waals surface area (Å²) in [6.45, 7) is 4.47. The number of hydrogen-bond donors (Lipinski definition) is 3. The molecule has 0 spiro atoms. The number of anilines is 1. The number of fused-ring (bicyclic) bond motifs is 1. The quantitative estimate of drug-likeness (QED) is 0.371. The molecule has 4 aromatic rings. The Hall–Kier alpha value is -3.92. The maximum absolute atomic E-state index is 12.6. The van der Waals surface area contributed by atoms with Gasteiger partial charge in [0.1, 0.15) is 18.5 Å². The van der Waals surface area contributed by atoms with Crippen LogP contribution in [0.2, 0.25) is 0 Å². The lowest BCUT2D eigenvalue weighted by Crippen LogP contribution is -2.31. The molecule has 4 rings (SSSR count). The standard InChI is InChI=1S/C23H26N6O4/c1-14-6-7-18(9-15(14)2)33-13-17(30)12-29-19-20(28(3)23(32)27-21(19)31)26-22(29)25-11-16-5-4-8-24-10-16/h4-10,17,30H,11-13H2,1-3H3,(H,25,26)(H,27,31,32). The van der Waals surface area contributed by atoms with E-state index in [1.165, 1.54) is 11.6 Å². The monoisotopic (exact) mass is 450 g/mol. The zero-order chi connectivity index (χ0) is 23.5. The Morgan fingerprint density at radius 2 is 2.03 bits per heavy atom. The summed E-state index contributed by atoms with van der Waals surface area (Å²) in [6, 6.07) is 9.45. The average molecular weight is 450 g/mol. The van der Waals surface area contributed by atoms with E-state index >= 15 is 0 Å². The van der Waals surface area contributed by atoms with Gasteiger partial charge in [-0.15, -0.1) is 0 Å². The number of benzene rings is 1. The Balaban J connectivity index is 1.61. The van der Waals surface area contributed by atoms with Gasteiger partial charge in [0.25, 0.3) is 5.56 Å². The predicted octanol–water partition coefficient (Wildman–Crippen LogP) is 1.49. The number of aliphatic hydroxyl groups excluding tert-OH is 1. The van der Waals surface area contributed by atoms with Crippen molar-refractivity contribution in [2.75, 3.05) is 11.9 Å². The third kappa shape index (κ3) is 4.80. The van der Waals surface area contributed by atoms with E-state index < -0.39 is 17.4 Å². The summed E-state index contributed by atoms with van der Waals surface area (Å²) in [7, 11) is 1.53. The van der Waals surface area contributed by atoms with Gasteiger partial charge in [-0.2, -0.15) is 4.98 Å². The lowest BCUT2D eigenvalue weighted by molar-refractivity contribution is 0.0938. The van der Waals surface area contributed by atoms with Crippen LogP contribution in [-0.2, 0) is 20.1 Å². The second-order valence-corrected chi connectivity index (χ2v) is 7.96. The number of aromatic amines is 1. The van der Waals surface area contributed by atoms with Gasteiger partial charge in [0.15, 0.2) is 11.2 Å². The first-order valence-corrected chi connectivity index (χ1v) is 10.5. The number of aryl methyl sites for hydroxylation is 3. The van der Waals surface area contributed by atoms with E-state index in [0.29, 0.717) is 18.2 Å². The molecule has 0 aliphatic carbocycles. The lowest BCUT2D eigenvalue weighted by atomic mass is 10.1. The van der Waals surface area contributed by atoms with Crippen molar-refractivity contribution in [2.45, 2.75) is 33.0 Å². The number of H-pyrrole nitrogens is 1. The summed E-state index contributed by atoms with van der Waals surface area (Å²) in [5, 5.41) is 13.9. The number of pyridine rings is 1. The van der Waals surface area contributed by atoms with E-state index in [1.807, 2.05) is 44.2 Å². The van der Waals surface area contributed by atoms with Crippen LogP contribution >= 0.6 is 0 Å². The Labute approximate surface area is 189 Å². The SMILES string of the molecule is Cc1ccc(OCC(O)Cn2c(NCc3cccnc3)nc3c2c(=O)[nH]c(=O)n3C)cc1C. The highest BCUT2D eigenvalue weighted by molar-refractivity contribution is 5.74. The molecule has 10 nitrogen and oxygen atoms in total. The van der Waals surface area contributed by atoms with Crippen LogP contribution in [0.15, 0.2) is 52.3 Å². The van der Waals surface area contributed by atoms with Crippen molar-refractivity contribution >= 4 is 17.1 Å². The number of rotatable bonds is 8. The zero-order valence-corrected chi connectivity index (χ0v) is 18.7. The average Bonchev–Trinajstić information content (AvgIpc) is 3.16. The second kappa shape index (κ2) is 9.29. The van der Waals surface area contributed by atoms with Gasteiger partial charge in [-0.3, -0.25) is 19.3 Å². The molecule has 0 saturated carbocycles. The predicted molar refractivity (Wildman–Crippen MR) is 125 cm³/mol. The Morgan fingerprint density at radius 1 is 1.21 bits per heavy atom. The number of aliphatic hydroxyl groups is 1. The maximum atomic E-state index is 12.6. The first-order chi connectivity index (χ1) is 15.8. The van der Waals surface area contributed by atoms with Gasteiger partial charge < -0.3 is 19.7 Å². The van der Waals surface area contributed by atoms with Crippen molar-refractivity contribution in [3.05, 3.63) is 80.3 Å². The van der Waals surface area contributed by atoms with Crippen molar-refractivity contribution in [1.82, 2.24) is 24.1 Å². The fourth-order valence-corrected chi connectivity index (χ4v) is 3.49. The molecule has 0 fully saturated rings. The zero-order valence-electron chi connectivity index (χ0n) is 18.7. The summed E-state index contributed by atoms with van der Waals surface area (Å²) in [6.07, 6.45) is 2.47. The third-order valence-electron chi connectivity index (χ3n) is 5.49. The second-order valence-electron chi connectivity index (χ2n) is 7.96.